The summed E-state index contributed by atoms with van der Waals surface area (Å²) in [6.45, 7) is 2.02. The Balaban J connectivity index is 1.78. The van der Waals surface area contributed by atoms with E-state index in [9.17, 15) is 0 Å². The van der Waals surface area contributed by atoms with Gasteiger partial charge >= 0.3 is 0 Å². The zero-order chi connectivity index (χ0) is 12.4. The van der Waals surface area contributed by atoms with E-state index in [1.807, 2.05) is 36.3 Å². The standard InChI is InChI=1S/C15H15N3/c1-12-7-13(9-16-8-12)5-6-14-10-17-18(11-14)15-3-2-4-15/h7-11,15H,2-4H2,1H3. The summed E-state index contributed by atoms with van der Waals surface area (Å²) in [7, 11) is 0. The minimum atomic E-state index is 0.598. The second kappa shape index (κ2) is 4.66. The summed E-state index contributed by atoms with van der Waals surface area (Å²) < 4.78 is 2.04. The average Bonchev–Trinajstić information content (AvgIpc) is 2.73. The molecule has 0 radical (unpaired) electrons. The summed E-state index contributed by atoms with van der Waals surface area (Å²) in [5.74, 6) is 6.26. The third-order valence-corrected chi connectivity index (χ3v) is 3.28. The van der Waals surface area contributed by atoms with Crippen molar-refractivity contribution in [3.05, 3.63) is 47.5 Å². The van der Waals surface area contributed by atoms with Gasteiger partial charge in [-0.3, -0.25) is 9.67 Å². The lowest BCUT2D eigenvalue weighted by Crippen LogP contribution is -2.16. The lowest BCUT2D eigenvalue weighted by molar-refractivity contribution is 0.289. The van der Waals surface area contributed by atoms with E-state index in [0.29, 0.717) is 6.04 Å². The summed E-state index contributed by atoms with van der Waals surface area (Å²) >= 11 is 0. The fourth-order valence-electron chi connectivity index (χ4n) is 2.02. The van der Waals surface area contributed by atoms with Crippen LogP contribution in [0.25, 0.3) is 0 Å². The van der Waals surface area contributed by atoms with E-state index in [1.165, 1.54) is 19.3 Å². The van der Waals surface area contributed by atoms with Crippen molar-refractivity contribution in [2.75, 3.05) is 0 Å². The third kappa shape index (κ3) is 2.28. The topological polar surface area (TPSA) is 30.7 Å². The highest BCUT2D eigenvalue weighted by Crippen LogP contribution is 2.30. The summed E-state index contributed by atoms with van der Waals surface area (Å²) in [4.78, 5) is 4.13. The molecule has 1 aliphatic carbocycles. The Hall–Kier alpha value is -2.08. The molecule has 2 aromatic rings. The van der Waals surface area contributed by atoms with Gasteiger partial charge in [0.2, 0.25) is 0 Å². The first-order valence-corrected chi connectivity index (χ1v) is 6.29. The first kappa shape index (κ1) is 11.0. The highest BCUT2D eigenvalue weighted by atomic mass is 15.3. The minimum absolute atomic E-state index is 0.598. The predicted molar refractivity (Wildman–Crippen MR) is 70.1 cm³/mol. The van der Waals surface area contributed by atoms with Gasteiger partial charge in [0.25, 0.3) is 0 Å². The normalized spacial score (nSPS) is 14.7. The van der Waals surface area contributed by atoms with Gasteiger partial charge in [0.05, 0.1) is 17.8 Å². The number of aryl methyl sites for hydroxylation is 1. The lowest BCUT2D eigenvalue weighted by Gasteiger charge is -2.25. The molecule has 0 saturated heterocycles. The smallest absolute Gasteiger partial charge is 0.0646 e. The highest BCUT2D eigenvalue weighted by Gasteiger charge is 2.19. The molecular formula is C15H15N3. The Labute approximate surface area is 107 Å². The Morgan fingerprint density at radius 1 is 1.17 bits per heavy atom. The van der Waals surface area contributed by atoms with Crippen LogP contribution in [0, 0.1) is 18.8 Å². The third-order valence-electron chi connectivity index (χ3n) is 3.28. The van der Waals surface area contributed by atoms with Crippen LogP contribution in [-0.2, 0) is 0 Å². The number of hydrogen-bond donors (Lipinski definition) is 0. The maximum Gasteiger partial charge on any atom is 0.0646 e. The summed E-state index contributed by atoms with van der Waals surface area (Å²) in [6, 6.07) is 2.64. The van der Waals surface area contributed by atoms with Crippen LogP contribution in [0.2, 0.25) is 0 Å². The van der Waals surface area contributed by atoms with Crippen LogP contribution in [0.4, 0.5) is 0 Å². The van der Waals surface area contributed by atoms with Gasteiger partial charge in [-0.15, -0.1) is 0 Å². The molecule has 0 N–H and O–H groups in total. The number of rotatable bonds is 1. The Kier molecular flexibility index (Phi) is 2.85. The van der Waals surface area contributed by atoms with E-state index < -0.39 is 0 Å². The van der Waals surface area contributed by atoms with Crippen molar-refractivity contribution in [1.29, 1.82) is 0 Å². The Bertz CT molecular complexity index is 612. The molecule has 18 heavy (non-hydrogen) atoms. The summed E-state index contributed by atoms with van der Waals surface area (Å²) in [5.41, 5.74) is 3.06. The van der Waals surface area contributed by atoms with Crippen molar-refractivity contribution in [3.63, 3.8) is 0 Å². The maximum absolute atomic E-state index is 4.37. The second-order valence-electron chi connectivity index (χ2n) is 4.79. The molecule has 3 heteroatoms. The molecule has 0 unspecified atom stereocenters. The van der Waals surface area contributed by atoms with Gasteiger partial charge in [0.1, 0.15) is 0 Å². The first-order valence-electron chi connectivity index (χ1n) is 6.29. The number of pyridine rings is 1. The van der Waals surface area contributed by atoms with E-state index in [0.717, 1.165) is 16.7 Å². The first-order chi connectivity index (χ1) is 8.81. The van der Waals surface area contributed by atoms with Crippen molar-refractivity contribution in [1.82, 2.24) is 14.8 Å². The van der Waals surface area contributed by atoms with Crippen molar-refractivity contribution in [2.24, 2.45) is 0 Å². The Morgan fingerprint density at radius 3 is 2.72 bits per heavy atom. The number of nitrogens with zero attached hydrogens (tertiary/aromatic N) is 3. The summed E-state index contributed by atoms with van der Waals surface area (Å²) in [5, 5.41) is 4.37. The van der Waals surface area contributed by atoms with Gasteiger partial charge in [0.15, 0.2) is 0 Å². The van der Waals surface area contributed by atoms with Crippen LogP contribution in [0.1, 0.15) is 42.0 Å². The van der Waals surface area contributed by atoms with Gasteiger partial charge in [-0.25, -0.2) is 0 Å². The molecule has 0 spiro atoms. The number of hydrogen-bond acceptors (Lipinski definition) is 2. The van der Waals surface area contributed by atoms with E-state index in [4.69, 9.17) is 0 Å². The molecule has 0 aromatic carbocycles. The fourth-order valence-corrected chi connectivity index (χ4v) is 2.02. The molecule has 0 atom stereocenters. The summed E-state index contributed by atoms with van der Waals surface area (Å²) in [6.07, 6.45) is 11.3. The lowest BCUT2D eigenvalue weighted by atomic mass is 9.93. The molecular weight excluding hydrogens is 222 g/mol. The van der Waals surface area contributed by atoms with Gasteiger partial charge in [-0.1, -0.05) is 11.8 Å². The fraction of sp³-hybridized carbons (Fsp3) is 0.333. The van der Waals surface area contributed by atoms with Crippen LogP contribution in [0.3, 0.4) is 0 Å². The van der Waals surface area contributed by atoms with Crippen molar-refractivity contribution in [2.45, 2.75) is 32.2 Å². The Morgan fingerprint density at radius 2 is 2.00 bits per heavy atom. The molecule has 90 valence electrons. The zero-order valence-corrected chi connectivity index (χ0v) is 10.4. The quantitative estimate of drug-likeness (QED) is 0.714. The van der Waals surface area contributed by atoms with Crippen LogP contribution in [0.5, 0.6) is 0 Å². The zero-order valence-electron chi connectivity index (χ0n) is 10.4. The molecule has 1 fully saturated rings. The molecule has 0 bridgehead atoms. The van der Waals surface area contributed by atoms with Gasteiger partial charge in [-0.2, -0.15) is 5.10 Å². The van der Waals surface area contributed by atoms with Gasteiger partial charge < -0.3 is 0 Å². The molecule has 2 aromatic heterocycles. The van der Waals surface area contributed by atoms with Crippen LogP contribution >= 0.6 is 0 Å². The van der Waals surface area contributed by atoms with Gasteiger partial charge in [0, 0.05) is 24.2 Å². The van der Waals surface area contributed by atoms with Crippen molar-refractivity contribution >= 4 is 0 Å². The monoisotopic (exact) mass is 237 g/mol. The predicted octanol–water partition coefficient (Wildman–Crippen LogP) is 2.71. The van der Waals surface area contributed by atoms with E-state index >= 15 is 0 Å². The molecule has 3 rings (SSSR count). The molecule has 2 heterocycles. The number of aromatic nitrogens is 3. The molecule has 1 aliphatic rings. The molecule has 3 nitrogen and oxygen atoms in total. The highest BCUT2D eigenvalue weighted by molar-refractivity contribution is 5.40. The van der Waals surface area contributed by atoms with Crippen LogP contribution < -0.4 is 0 Å². The van der Waals surface area contributed by atoms with Crippen LogP contribution in [-0.4, -0.2) is 14.8 Å². The maximum atomic E-state index is 4.37. The SMILES string of the molecule is Cc1cncc(C#Cc2cnn(C3CCC3)c2)c1. The second-order valence-corrected chi connectivity index (χ2v) is 4.79. The van der Waals surface area contributed by atoms with E-state index in [-0.39, 0.29) is 0 Å². The van der Waals surface area contributed by atoms with E-state index in [2.05, 4.69) is 21.9 Å². The largest absolute Gasteiger partial charge is 0.268 e. The molecule has 0 amide bonds. The van der Waals surface area contributed by atoms with Crippen molar-refractivity contribution in [3.8, 4) is 11.8 Å². The minimum Gasteiger partial charge on any atom is -0.268 e. The van der Waals surface area contributed by atoms with E-state index in [1.54, 1.807) is 6.20 Å². The molecule has 1 saturated carbocycles. The molecule has 0 aliphatic heterocycles. The van der Waals surface area contributed by atoms with Crippen LogP contribution in [0.15, 0.2) is 30.9 Å². The average molecular weight is 237 g/mol. The van der Waals surface area contributed by atoms with Crippen molar-refractivity contribution < 1.29 is 0 Å². The van der Waals surface area contributed by atoms with Gasteiger partial charge in [-0.05, 0) is 37.8 Å².